The molecule has 0 spiro atoms. The highest BCUT2D eigenvalue weighted by atomic mass is 15.1. The van der Waals surface area contributed by atoms with Gasteiger partial charge in [-0.15, -0.1) is 0 Å². The van der Waals surface area contributed by atoms with E-state index in [-0.39, 0.29) is 0 Å². The van der Waals surface area contributed by atoms with Crippen LogP contribution in [-0.2, 0) is 6.54 Å². The monoisotopic (exact) mass is 277 g/mol. The van der Waals surface area contributed by atoms with E-state index in [1.165, 1.54) is 48.0 Å². The lowest BCUT2D eigenvalue weighted by atomic mass is 10.0. The van der Waals surface area contributed by atoms with Crippen molar-refractivity contribution in [3.05, 3.63) is 54.4 Å². The van der Waals surface area contributed by atoms with E-state index in [4.69, 9.17) is 0 Å². The molecule has 1 fully saturated rings. The number of aromatic nitrogens is 2. The molecule has 0 radical (unpaired) electrons. The first-order valence-electron chi connectivity index (χ1n) is 7.64. The van der Waals surface area contributed by atoms with E-state index in [0.29, 0.717) is 0 Å². The first kappa shape index (κ1) is 12.6. The first-order valence-corrected chi connectivity index (χ1v) is 7.64. The SMILES string of the molecule is c1cc(-c2ccc(CN3CCCC3)cc2)c2cc[nH]c2n1. The van der Waals surface area contributed by atoms with E-state index in [1.807, 2.05) is 12.4 Å². The number of hydrogen-bond acceptors (Lipinski definition) is 2. The number of aromatic amines is 1. The van der Waals surface area contributed by atoms with Crippen LogP contribution in [0.5, 0.6) is 0 Å². The van der Waals surface area contributed by atoms with Crippen LogP contribution >= 0.6 is 0 Å². The summed E-state index contributed by atoms with van der Waals surface area (Å²) >= 11 is 0. The molecule has 2 aromatic heterocycles. The van der Waals surface area contributed by atoms with Crippen LogP contribution in [0.1, 0.15) is 18.4 Å². The minimum Gasteiger partial charge on any atom is -0.346 e. The van der Waals surface area contributed by atoms with Gasteiger partial charge in [-0.3, -0.25) is 4.90 Å². The van der Waals surface area contributed by atoms with Crippen LogP contribution in [0.3, 0.4) is 0 Å². The Morgan fingerprint density at radius 2 is 1.81 bits per heavy atom. The fourth-order valence-corrected chi connectivity index (χ4v) is 3.20. The number of fused-ring (bicyclic) bond motifs is 1. The van der Waals surface area contributed by atoms with E-state index in [1.54, 1.807) is 0 Å². The number of H-pyrrole nitrogens is 1. The lowest BCUT2D eigenvalue weighted by Gasteiger charge is -2.14. The van der Waals surface area contributed by atoms with Crippen molar-refractivity contribution < 1.29 is 0 Å². The summed E-state index contributed by atoms with van der Waals surface area (Å²) in [7, 11) is 0. The van der Waals surface area contributed by atoms with Gasteiger partial charge in [-0.1, -0.05) is 24.3 Å². The van der Waals surface area contributed by atoms with Gasteiger partial charge >= 0.3 is 0 Å². The standard InChI is InChI=1S/C18H19N3/c1-2-12-21(11-1)13-14-3-5-15(6-4-14)16-7-9-19-18-17(16)8-10-20-18/h3-10H,1-2,11-13H2,(H,19,20). The van der Waals surface area contributed by atoms with Crippen molar-refractivity contribution >= 4 is 11.0 Å². The topological polar surface area (TPSA) is 31.9 Å². The summed E-state index contributed by atoms with van der Waals surface area (Å²) in [4.78, 5) is 10.1. The van der Waals surface area contributed by atoms with Gasteiger partial charge in [0.05, 0.1) is 0 Å². The van der Waals surface area contributed by atoms with Crippen molar-refractivity contribution in [3.8, 4) is 11.1 Å². The Morgan fingerprint density at radius 1 is 1.00 bits per heavy atom. The van der Waals surface area contributed by atoms with E-state index < -0.39 is 0 Å². The first-order chi connectivity index (χ1) is 10.4. The van der Waals surface area contributed by atoms with Gasteiger partial charge in [0.2, 0.25) is 0 Å². The minimum atomic E-state index is 0.952. The Labute approximate surface area is 124 Å². The molecule has 0 bridgehead atoms. The van der Waals surface area contributed by atoms with E-state index in [9.17, 15) is 0 Å². The predicted octanol–water partition coefficient (Wildman–Crippen LogP) is 3.83. The van der Waals surface area contributed by atoms with Crippen molar-refractivity contribution in [3.63, 3.8) is 0 Å². The highest BCUT2D eigenvalue weighted by molar-refractivity contribution is 5.92. The van der Waals surface area contributed by atoms with Gasteiger partial charge in [-0.05, 0) is 54.8 Å². The molecule has 1 N–H and O–H groups in total. The van der Waals surface area contributed by atoms with Crippen molar-refractivity contribution in [2.75, 3.05) is 13.1 Å². The molecule has 3 aromatic rings. The third kappa shape index (κ3) is 2.45. The zero-order valence-corrected chi connectivity index (χ0v) is 12.0. The molecule has 3 heteroatoms. The second-order valence-corrected chi connectivity index (χ2v) is 5.78. The quantitative estimate of drug-likeness (QED) is 0.789. The van der Waals surface area contributed by atoms with Gasteiger partial charge in [0.15, 0.2) is 0 Å². The summed E-state index contributed by atoms with van der Waals surface area (Å²) in [6.07, 6.45) is 6.51. The number of pyridine rings is 1. The van der Waals surface area contributed by atoms with Crippen LogP contribution in [0.2, 0.25) is 0 Å². The van der Waals surface area contributed by atoms with E-state index in [2.05, 4.69) is 51.3 Å². The molecule has 3 nitrogen and oxygen atoms in total. The molecule has 1 aliphatic heterocycles. The Bertz CT molecular complexity index is 737. The molecule has 4 rings (SSSR count). The lowest BCUT2D eigenvalue weighted by molar-refractivity contribution is 0.331. The molecule has 106 valence electrons. The lowest BCUT2D eigenvalue weighted by Crippen LogP contribution is -2.18. The van der Waals surface area contributed by atoms with Gasteiger partial charge in [0.1, 0.15) is 5.65 Å². The predicted molar refractivity (Wildman–Crippen MR) is 86.0 cm³/mol. The maximum Gasteiger partial charge on any atom is 0.137 e. The Kier molecular flexibility index (Phi) is 3.20. The largest absolute Gasteiger partial charge is 0.346 e. The Balaban J connectivity index is 1.62. The molecule has 0 saturated carbocycles. The average Bonchev–Trinajstić information content (AvgIpc) is 3.18. The number of nitrogens with one attached hydrogen (secondary N) is 1. The van der Waals surface area contributed by atoms with Gasteiger partial charge in [-0.2, -0.15) is 0 Å². The molecular weight excluding hydrogens is 258 g/mol. The summed E-state index contributed by atoms with van der Waals surface area (Å²) in [6, 6.07) is 13.2. The molecule has 0 aliphatic carbocycles. The summed E-state index contributed by atoms with van der Waals surface area (Å²) in [6.45, 7) is 3.57. The summed E-state index contributed by atoms with van der Waals surface area (Å²) in [5.74, 6) is 0. The molecule has 1 aliphatic rings. The Morgan fingerprint density at radius 3 is 2.62 bits per heavy atom. The molecule has 1 saturated heterocycles. The summed E-state index contributed by atoms with van der Waals surface area (Å²) in [5.41, 5.74) is 4.86. The highest BCUT2D eigenvalue weighted by Crippen LogP contribution is 2.27. The third-order valence-electron chi connectivity index (χ3n) is 4.33. The number of rotatable bonds is 3. The van der Waals surface area contributed by atoms with Crippen LogP contribution in [0.4, 0.5) is 0 Å². The Hall–Kier alpha value is -2.13. The molecule has 0 atom stereocenters. The van der Waals surface area contributed by atoms with Crippen LogP contribution in [0.15, 0.2) is 48.8 Å². The van der Waals surface area contributed by atoms with Gasteiger partial charge in [-0.25, -0.2) is 4.98 Å². The maximum absolute atomic E-state index is 4.35. The van der Waals surface area contributed by atoms with E-state index >= 15 is 0 Å². The zero-order chi connectivity index (χ0) is 14.1. The molecular formula is C18H19N3. The van der Waals surface area contributed by atoms with Crippen molar-refractivity contribution in [1.29, 1.82) is 0 Å². The van der Waals surface area contributed by atoms with Crippen LogP contribution in [-0.4, -0.2) is 28.0 Å². The fraction of sp³-hybridized carbons (Fsp3) is 0.278. The van der Waals surface area contributed by atoms with Gasteiger partial charge in [0.25, 0.3) is 0 Å². The van der Waals surface area contributed by atoms with E-state index in [0.717, 1.165) is 12.2 Å². The second-order valence-electron chi connectivity index (χ2n) is 5.78. The molecule has 1 aromatic carbocycles. The maximum atomic E-state index is 4.35. The van der Waals surface area contributed by atoms with Crippen molar-refractivity contribution in [2.24, 2.45) is 0 Å². The zero-order valence-electron chi connectivity index (χ0n) is 12.0. The van der Waals surface area contributed by atoms with Crippen LogP contribution < -0.4 is 0 Å². The van der Waals surface area contributed by atoms with Crippen LogP contribution in [0.25, 0.3) is 22.2 Å². The van der Waals surface area contributed by atoms with Crippen LogP contribution in [0, 0.1) is 0 Å². The minimum absolute atomic E-state index is 0.952. The number of nitrogens with zero attached hydrogens (tertiary/aromatic N) is 2. The average molecular weight is 277 g/mol. The summed E-state index contributed by atoms with van der Waals surface area (Å²) < 4.78 is 0. The smallest absolute Gasteiger partial charge is 0.137 e. The third-order valence-corrected chi connectivity index (χ3v) is 4.33. The number of hydrogen-bond donors (Lipinski definition) is 1. The number of benzene rings is 1. The summed E-state index contributed by atoms with van der Waals surface area (Å²) in [5, 5.41) is 1.18. The molecule has 0 unspecified atom stereocenters. The normalized spacial score (nSPS) is 15.8. The second kappa shape index (κ2) is 5.34. The van der Waals surface area contributed by atoms with Gasteiger partial charge < -0.3 is 4.98 Å². The fourth-order valence-electron chi connectivity index (χ4n) is 3.20. The van der Waals surface area contributed by atoms with Crippen molar-refractivity contribution in [1.82, 2.24) is 14.9 Å². The molecule has 3 heterocycles. The number of likely N-dealkylation sites (tertiary alicyclic amines) is 1. The molecule has 0 amide bonds. The molecule has 21 heavy (non-hydrogen) atoms. The van der Waals surface area contributed by atoms with Crippen molar-refractivity contribution in [2.45, 2.75) is 19.4 Å². The highest BCUT2D eigenvalue weighted by Gasteiger charge is 2.12. The van der Waals surface area contributed by atoms with Gasteiger partial charge in [0, 0.05) is 24.3 Å².